The van der Waals surface area contributed by atoms with E-state index in [1.54, 1.807) is 12.1 Å². The molecule has 0 unspecified atom stereocenters. The van der Waals surface area contributed by atoms with Crippen LogP contribution in [0.3, 0.4) is 0 Å². The van der Waals surface area contributed by atoms with Gasteiger partial charge in [-0.2, -0.15) is 0 Å². The number of halogens is 3. The van der Waals surface area contributed by atoms with E-state index in [0.29, 0.717) is 6.54 Å². The van der Waals surface area contributed by atoms with Crippen molar-refractivity contribution in [2.45, 2.75) is 11.9 Å². The molecule has 0 N–H and O–H groups in total. The first kappa shape index (κ1) is 14.5. The first-order valence-electron chi connectivity index (χ1n) is 5.90. The number of hydrogen-bond acceptors (Lipinski definition) is 1. The minimum absolute atomic E-state index is 0.193. The van der Waals surface area contributed by atoms with Crippen LogP contribution in [0.5, 0.6) is 0 Å². The van der Waals surface area contributed by atoms with E-state index in [0.717, 1.165) is 21.1 Å². The molecule has 0 saturated carbocycles. The van der Waals surface area contributed by atoms with Gasteiger partial charge in [0.1, 0.15) is 5.82 Å². The Hall–Kier alpha value is -0.870. The van der Waals surface area contributed by atoms with Gasteiger partial charge in [-0.3, -0.25) is 0 Å². The predicted molar refractivity (Wildman–Crippen MR) is 85.3 cm³/mol. The molecule has 1 nitrogen and oxygen atoms in total. The van der Waals surface area contributed by atoms with Crippen LogP contribution in [-0.2, 0) is 11.9 Å². The fraction of sp³-hybridized carbons (Fsp3) is 0.200. The third kappa shape index (κ3) is 3.80. The van der Waals surface area contributed by atoms with Crippen molar-refractivity contribution in [1.29, 1.82) is 0 Å². The monoisotopic (exact) mass is 385 g/mol. The third-order valence-corrected chi connectivity index (χ3v) is 4.27. The second kappa shape index (κ2) is 6.53. The molecule has 0 aliphatic rings. The summed E-state index contributed by atoms with van der Waals surface area (Å²) in [4.78, 5) is 2.09. The molecule has 19 heavy (non-hydrogen) atoms. The highest BCUT2D eigenvalue weighted by Gasteiger charge is 2.06. The van der Waals surface area contributed by atoms with Crippen LogP contribution in [0.4, 0.5) is 10.1 Å². The minimum atomic E-state index is -0.193. The van der Waals surface area contributed by atoms with Crippen molar-refractivity contribution in [2.24, 2.45) is 0 Å². The fourth-order valence-electron chi connectivity index (χ4n) is 1.88. The van der Waals surface area contributed by atoms with Crippen LogP contribution in [0.25, 0.3) is 0 Å². The Morgan fingerprint density at radius 1 is 1.16 bits per heavy atom. The predicted octanol–water partition coefficient (Wildman–Crippen LogP) is 5.12. The van der Waals surface area contributed by atoms with E-state index in [2.05, 4.69) is 55.0 Å². The first-order valence-corrected chi connectivity index (χ1v) is 7.81. The van der Waals surface area contributed by atoms with E-state index in [1.807, 2.05) is 13.1 Å². The van der Waals surface area contributed by atoms with Gasteiger partial charge in [0.05, 0.1) is 0 Å². The molecule has 0 radical (unpaired) electrons. The number of rotatable bonds is 4. The normalized spacial score (nSPS) is 10.5. The molecule has 0 aliphatic heterocycles. The zero-order valence-corrected chi connectivity index (χ0v) is 13.7. The van der Waals surface area contributed by atoms with Crippen LogP contribution in [0.15, 0.2) is 46.9 Å². The summed E-state index contributed by atoms with van der Waals surface area (Å²) < 4.78 is 14.2. The number of anilines is 1. The molecular weight excluding hydrogens is 373 g/mol. The van der Waals surface area contributed by atoms with Gasteiger partial charge in [-0.25, -0.2) is 4.39 Å². The molecule has 0 spiro atoms. The molecule has 2 rings (SSSR count). The average molecular weight is 387 g/mol. The highest BCUT2D eigenvalue weighted by atomic mass is 79.9. The highest BCUT2D eigenvalue weighted by Crippen LogP contribution is 2.26. The van der Waals surface area contributed by atoms with Crippen molar-refractivity contribution in [2.75, 3.05) is 11.9 Å². The lowest BCUT2D eigenvalue weighted by atomic mass is 10.2. The summed E-state index contributed by atoms with van der Waals surface area (Å²) in [6.07, 6.45) is 0. The lowest BCUT2D eigenvalue weighted by molar-refractivity contribution is 0.625. The summed E-state index contributed by atoms with van der Waals surface area (Å²) in [5.74, 6) is -0.193. The second-order valence-electron chi connectivity index (χ2n) is 4.40. The molecule has 0 saturated heterocycles. The van der Waals surface area contributed by atoms with Crippen molar-refractivity contribution < 1.29 is 4.39 Å². The summed E-state index contributed by atoms with van der Waals surface area (Å²) in [6.45, 7) is 0.678. The summed E-state index contributed by atoms with van der Waals surface area (Å²) in [6, 6.07) is 12.9. The molecule has 0 fully saturated rings. The second-order valence-corrected chi connectivity index (χ2v) is 5.81. The lowest BCUT2D eigenvalue weighted by Crippen LogP contribution is -2.16. The Bertz CT molecular complexity index is 572. The molecule has 2 aromatic carbocycles. The highest BCUT2D eigenvalue weighted by molar-refractivity contribution is 9.10. The van der Waals surface area contributed by atoms with Gasteiger partial charge in [-0.15, -0.1) is 0 Å². The largest absolute Gasteiger partial charge is 0.370 e. The molecule has 0 heterocycles. The standard InChI is InChI=1S/C15H14Br2FN/c1-19(10-11-3-2-4-13(18)7-11)14-6-5-12(9-16)15(17)8-14/h2-8H,9-10H2,1H3. The first-order chi connectivity index (χ1) is 9.10. The van der Waals surface area contributed by atoms with E-state index >= 15 is 0 Å². The Balaban J connectivity index is 2.15. The van der Waals surface area contributed by atoms with E-state index in [1.165, 1.54) is 11.6 Å². The third-order valence-electron chi connectivity index (χ3n) is 2.93. The smallest absolute Gasteiger partial charge is 0.123 e. The molecule has 0 atom stereocenters. The summed E-state index contributed by atoms with van der Waals surface area (Å²) in [7, 11) is 2.00. The van der Waals surface area contributed by atoms with Gasteiger partial charge in [0.15, 0.2) is 0 Å². The molecule has 4 heteroatoms. The topological polar surface area (TPSA) is 3.24 Å². The number of alkyl halides is 1. The zero-order chi connectivity index (χ0) is 13.8. The number of nitrogens with zero attached hydrogens (tertiary/aromatic N) is 1. The van der Waals surface area contributed by atoms with Crippen LogP contribution < -0.4 is 4.90 Å². The molecule has 0 amide bonds. The van der Waals surface area contributed by atoms with Gasteiger partial charge in [0.2, 0.25) is 0 Å². The van der Waals surface area contributed by atoms with Gasteiger partial charge < -0.3 is 4.90 Å². The van der Waals surface area contributed by atoms with Gasteiger partial charge in [0, 0.05) is 29.1 Å². The quantitative estimate of drug-likeness (QED) is 0.659. The van der Waals surface area contributed by atoms with E-state index in [4.69, 9.17) is 0 Å². The Labute approximate surface area is 129 Å². The molecule has 2 aromatic rings. The minimum Gasteiger partial charge on any atom is -0.370 e. The maximum absolute atomic E-state index is 13.2. The maximum Gasteiger partial charge on any atom is 0.123 e. The van der Waals surface area contributed by atoms with Crippen molar-refractivity contribution in [3.05, 3.63) is 63.9 Å². The molecule has 0 aliphatic carbocycles. The van der Waals surface area contributed by atoms with Gasteiger partial charge in [0.25, 0.3) is 0 Å². The molecular formula is C15H14Br2FN. The Kier molecular flexibility index (Phi) is 4.99. The summed E-state index contributed by atoms with van der Waals surface area (Å²) in [5, 5.41) is 0.821. The Morgan fingerprint density at radius 2 is 1.95 bits per heavy atom. The molecule has 0 bridgehead atoms. The van der Waals surface area contributed by atoms with Gasteiger partial charge in [-0.05, 0) is 35.4 Å². The zero-order valence-electron chi connectivity index (χ0n) is 10.5. The van der Waals surface area contributed by atoms with Crippen LogP contribution in [0.1, 0.15) is 11.1 Å². The van der Waals surface area contributed by atoms with Gasteiger partial charge >= 0.3 is 0 Å². The number of hydrogen-bond donors (Lipinski definition) is 0. The van der Waals surface area contributed by atoms with Crippen molar-refractivity contribution in [3.63, 3.8) is 0 Å². The van der Waals surface area contributed by atoms with E-state index in [-0.39, 0.29) is 5.82 Å². The van der Waals surface area contributed by atoms with Gasteiger partial charge in [-0.1, -0.05) is 50.1 Å². The summed E-state index contributed by atoms with van der Waals surface area (Å²) >= 11 is 7.00. The van der Waals surface area contributed by atoms with Crippen LogP contribution in [0.2, 0.25) is 0 Å². The molecule has 100 valence electrons. The Morgan fingerprint density at radius 3 is 2.58 bits per heavy atom. The maximum atomic E-state index is 13.2. The van der Waals surface area contributed by atoms with Crippen molar-refractivity contribution in [1.82, 2.24) is 0 Å². The lowest BCUT2D eigenvalue weighted by Gasteiger charge is -2.20. The van der Waals surface area contributed by atoms with Crippen LogP contribution in [0, 0.1) is 5.82 Å². The fourth-order valence-corrected chi connectivity index (χ4v) is 3.25. The van der Waals surface area contributed by atoms with Crippen LogP contribution >= 0.6 is 31.9 Å². The van der Waals surface area contributed by atoms with Crippen molar-refractivity contribution in [3.8, 4) is 0 Å². The summed E-state index contributed by atoms with van der Waals surface area (Å²) in [5.41, 5.74) is 3.27. The van der Waals surface area contributed by atoms with Crippen molar-refractivity contribution >= 4 is 37.5 Å². The van der Waals surface area contributed by atoms with E-state index < -0.39 is 0 Å². The number of benzene rings is 2. The molecule has 0 aromatic heterocycles. The average Bonchev–Trinajstić information content (AvgIpc) is 2.38. The van der Waals surface area contributed by atoms with E-state index in [9.17, 15) is 4.39 Å². The van der Waals surface area contributed by atoms with Crippen LogP contribution in [-0.4, -0.2) is 7.05 Å². The SMILES string of the molecule is CN(Cc1cccc(F)c1)c1ccc(CBr)c(Br)c1.